The number of hydrogen-bond acceptors (Lipinski definition) is 4. The van der Waals surface area contributed by atoms with Crippen molar-refractivity contribution in [1.29, 1.82) is 0 Å². The van der Waals surface area contributed by atoms with Gasteiger partial charge in [-0.15, -0.1) is 0 Å². The Bertz CT molecular complexity index is 2400. The van der Waals surface area contributed by atoms with Gasteiger partial charge in [-0.3, -0.25) is 9.98 Å². The maximum atomic E-state index is 15.4. The van der Waals surface area contributed by atoms with Gasteiger partial charge in [-0.25, -0.2) is 0 Å². The van der Waals surface area contributed by atoms with Crippen molar-refractivity contribution in [3.8, 4) is 11.5 Å². The van der Waals surface area contributed by atoms with Crippen molar-refractivity contribution in [3.05, 3.63) is 57.6 Å². The molecule has 0 heterocycles. The summed E-state index contributed by atoms with van der Waals surface area (Å²) in [7, 11) is 0. The van der Waals surface area contributed by atoms with Gasteiger partial charge in [-0.2, -0.15) is 149 Å². The van der Waals surface area contributed by atoms with Crippen molar-refractivity contribution in [2.75, 3.05) is 13.1 Å². The van der Waals surface area contributed by atoms with Crippen LogP contribution in [-0.4, -0.2) is 119 Å². The number of alkyl halides is 34. The standard InChI is InChI=1S/C40H30F34N2O2/c1-23(2,3)19-11-17(25(41,42)27(45,46)29(49,50)31(53,54)33(57,58)35(61,62)37(65,66)39(69,70)71)9-15(21(19)77)13-75-7-8-76-14-16-10-18(12-20(22(16)78)24(4,5)6)26(43,44)28(47,48)30(51,52)32(55,56)34(59,60)36(63,64)38(67,68)40(72,73)74/h9-14,77-78H,7-8H2,1-6H3. The van der Waals surface area contributed by atoms with Crippen molar-refractivity contribution < 1.29 is 159 Å². The molecule has 0 saturated heterocycles. The molecule has 450 valence electrons. The molecule has 0 spiro atoms. The van der Waals surface area contributed by atoms with Gasteiger partial charge in [0.1, 0.15) is 11.5 Å². The summed E-state index contributed by atoms with van der Waals surface area (Å²) >= 11 is 0. The smallest absolute Gasteiger partial charge is 0.460 e. The highest BCUT2D eigenvalue weighted by atomic mass is 19.4. The summed E-state index contributed by atoms with van der Waals surface area (Å²) in [6, 6.07) is -2.12. The Hall–Kier alpha value is -5.00. The van der Waals surface area contributed by atoms with E-state index >= 15 is 17.6 Å². The van der Waals surface area contributed by atoms with Crippen LogP contribution >= 0.6 is 0 Å². The van der Waals surface area contributed by atoms with Crippen molar-refractivity contribution in [3.63, 3.8) is 0 Å². The van der Waals surface area contributed by atoms with E-state index in [4.69, 9.17) is 0 Å². The van der Waals surface area contributed by atoms with E-state index in [1.165, 1.54) is 0 Å². The lowest BCUT2D eigenvalue weighted by atomic mass is 9.81. The molecule has 2 N–H and O–H groups in total. The lowest BCUT2D eigenvalue weighted by Gasteiger charge is -2.43. The zero-order valence-electron chi connectivity index (χ0n) is 38.5. The summed E-state index contributed by atoms with van der Waals surface area (Å²) in [5.41, 5.74) is -14.7. The Morgan fingerprint density at radius 2 is 0.500 bits per heavy atom. The molecule has 2 rings (SSSR count). The van der Waals surface area contributed by atoms with Crippen LogP contribution in [0.25, 0.3) is 0 Å². The van der Waals surface area contributed by atoms with Gasteiger partial charge in [0.2, 0.25) is 0 Å². The summed E-state index contributed by atoms with van der Waals surface area (Å²) in [6.07, 6.45) is -16.0. The van der Waals surface area contributed by atoms with E-state index in [2.05, 4.69) is 9.98 Å². The van der Waals surface area contributed by atoms with Crippen LogP contribution < -0.4 is 0 Å². The summed E-state index contributed by atoms with van der Waals surface area (Å²) in [5.74, 6) is -122. The van der Waals surface area contributed by atoms with Crippen LogP contribution in [0.1, 0.15) is 74.9 Å². The monoisotopic (exact) mass is 1220 g/mol. The van der Waals surface area contributed by atoms with Gasteiger partial charge < -0.3 is 10.2 Å². The minimum Gasteiger partial charge on any atom is -0.507 e. The lowest BCUT2D eigenvalue weighted by Crippen LogP contribution is -2.74. The largest absolute Gasteiger partial charge is 0.507 e. The molecule has 0 aliphatic carbocycles. The molecule has 0 aromatic heterocycles. The van der Waals surface area contributed by atoms with Crippen molar-refractivity contribution in [2.24, 2.45) is 9.98 Å². The third-order valence-electron chi connectivity index (χ3n) is 10.9. The van der Waals surface area contributed by atoms with E-state index in [0.717, 1.165) is 41.5 Å². The first kappa shape index (κ1) is 69.1. The Kier molecular flexibility index (Phi) is 17.1. The fraction of sp³-hybridized carbons (Fsp3) is 0.650. The van der Waals surface area contributed by atoms with Crippen LogP contribution in [0.15, 0.2) is 34.3 Å². The minimum atomic E-state index is -8.98. The molecule has 0 unspecified atom stereocenters. The first-order valence-electron chi connectivity index (χ1n) is 19.9. The van der Waals surface area contributed by atoms with Gasteiger partial charge in [0.15, 0.2) is 0 Å². The molecule has 2 aromatic rings. The molecule has 0 radical (unpaired) electrons. The molecule has 0 aliphatic rings. The first-order valence-corrected chi connectivity index (χ1v) is 19.9. The van der Waals surface area contributed by atoms with Gasteiger partial charge in [-0.05, 0) is 35.1 Å². The Labute approximate surface area is 412 Å². The molecule has 38 heteroatoms. The summed E-state index contributed by atoms with van der Waals surface area (Å²) in [5, 5.41) is 21.3. The molecular weight excluding hydrogens is 1190 g/mol. The molecule has 2 aromatic carbocycles. The molecule has 78 heavy (non-hydrogen) atoms. The predicted molar refractivity (Wildman–Crippen MR) is 198 cm³/mol. The zero-order chi connectivity index (χ0) is 62.7. The van der Waals surface area contributed by atoms with E-state index in [0.29, 0.717) is 0 Å². The number of halogens is 34. The average molecular weight is 1220 g/mol. The molecular formula is C40H30F34N2O2. The van der Waals surface area contributed by atoms with Gasteiger partial charge in [0.25, 0.3) is 0 Å². The van der Waals surface area contributed by atoms with Gasteiger partial charge in [0.05, 0.1) is 13.1 Å². The summed E-state index contributed by atoms with van der Waals surface area (Å²) in [6.45, 7) is 2.94. The SMILES string of the molecule is CC(C)(C)c1cc(C(F)(F)C(F)(F)C(F)(F)C(F)(F)C(F)(F)C(F)(F)C(F)(F)C(F)(F)F)cc(C=NCCN=Cc2cc(C(F)(F)C(F)(F)C(F)(F)C(F)(F)C(F)(F)C(F)(F)C(F)(F)C(F)(F)F)cc(C(C)(C)C)c2O)c1O. The van der Waals surface area contributed by atoms with Gasteiger partial charge in [-0.1, -0.05) is 41.5 Å². The number of aromatic hydroxyl groups is 2. The van der Waals surface area contributed by atoms with Crippen molar-refractivity contribution >= 4 is 12.4 Å². The second-order valence-corrected chi connectivity index (χ2v) is 18.5. The van der Waals surface area contributed by atoms with Crippen molar-refractivity contribution in [2.45, 2.75) is 148 Å². The fourth-order valence-electron chi connectivity index (χ4n) is 6.15. The third kappa shape index (κ3) is 10.1. The maximum Gasteiger partial charge on any atom is 0.460 e. The number of aliphatic imine (C=N–C) groups is 2. The van der Waals surface area contributed by atoms with Gasteiger partial charge >= 0.3 is 95.3 Å². The predicted octanol–water partition coefficient (Wildman–Crippen LogP) is 16.2. The highest BCUT2D eigenvalue weighted by molar-refractivity contribution is 5.86. The van der Waals surface area contributed by atoms with E-state index in [-0.39, 0.29) is 12.4 Å². The normalized spacial score (nSPS) is 16.1. The molecule has 0 fully saturated rings. The average Bonchev–Trinajstić information content (AvgIpc) is 3.23. The van der Waals surface area contributed by atoms with E-state index in [9.17, 15) is 142 Å². The molecule has 0 saturated carbocycles. The van der Waals surface area contributed by atoms with E-state index in [1.807, 2.05) is 0 Å². The second kappa shape index (κ2) is 19.3. The third-order valence-corrected chi connectivity index (χ3v) is 10.9. The van der Waals surface area contributed by atoms with Crippen LogP contribution in [0, 0.1) is 0 Å². The summed E-state index contributed by atoms with van der Waals surface area (Å²) < 4.78 is 476. The zero-order valence-corrected chi connectivity index (χ0v) is 38.5. The highest BCUT2D eigenvalue weighted by Crippen LogP contribution is 2.67. The quantitative estimate of drug-likeness (QED) is 0.0836. The van der Waals surface area contributed by atoms with Gasteiger partial charge in [0, 0.05) is 45.8 Å². The number of benzene rings is 2. The number of phenols is 2. The van der Waals surface area contributed by atoms with Crippen LogP contribution in [-0.2, 0) is 22.7 Å². The molecule has 0 amide bonds. The summed E-state index contributed by atoms with van der Waals surface area (Å²) in [4.78, 5) is 6.62. The lowest BCUT2D eigenvalue weighted by molar-refractivity contribution is -0.462. The Morgan fingerprint density at radius 1 is 0.308 bits per heavy atom. The number of nitrogens with zero attached hydrogens (tertiary/aromatic N) is 2. The number of rotatable bonds is 19. The van der Waals surface area contributed by atoms with Crippen LogP contribution in [0.4, 0.5) is 149 Å². The topological polar surface area (TPSA) is 65.2 Å². The second-order valence-electron chi connectivity index (χ2n) is 18.5. The van der Waals surface area contributed by atoms with Crippen LogP contribution in [0.2, 0.25) is 0 Å². The molecule has 0 atom stereocenters. The molecule has 0 bridgehead atoms. The molecule has 0 aliphatic heterocycles. The van der Waals surface area contributed by atoms with E-state index in [1.54, 1.807) is 0 Å². The maximum absolute atomic E-state index is 15.4. The Balaban J connectivity index is 2.75. The van der Waals surface area contributed by atoms with E-state index < -0.39 is 188 Å². The first-order chi connectivity index (χ1) is 33.7. The van der Waals surface area contributed by atoms with Crippen LogP contribution in [0.5, 0.6) is 11.5 Å². The highest BCUT2D eigenvalue weighted by Gasteiger charge is 2.97. The van der Waals surface area contributed by atoms with Crippen molar-refractivity contribution in [1.82, 2.24) is 0 Å². The molecule has 4 nitrogen and oxygen atoms in total. The fourth-order valence-corrected chi connectivity index (χ4v) is 6.15. The van der Waals surface area contributed by atoms with Crippen LogP contribution in [0.3, 0.4) is 0 Å². The number of hydrogen-bond donors (Lipinski definition) is 2. The number of phenolic OH excluding ortho intramolecular Hbond substituents is 2. The Morgan fingerprint density at radius 3 is 0.692 bits per heavy atom. The minimum absolute atomic E-state index is 0.0243.